The van der Waals surface area contributed by atoms with Crippen LogP contribution in [0.1, 0.15) is 28.4 Å². The molecule has 0 bridgehead atoms. The van der Waals surface area contributed by atoms with Crippen LogP contribution in [-0.2, 0) is 22.5 Å². The second-order valence-corrected chi connectivity index (χ2v) is 7.97. The van der Waals surface area contributed by atoms with E-state index in [1.54, 1.807) is 30.0 Å². The van der Waals surface area contributed by atoms with Crippen LogP contribution in [0.15, 0.2) is 84.9 Å². The van der Waals surface area contributed by atoms with Crippen LogP contribution in [0, 0.1) is 0 Å². The van der Waals surface area contributed by atoms with E-state index in [-0.39, 0.29) is 5.91 Å². The van der Waals surface area contributed by atoms with Crippen molar-refractivity contribution in [1.82, 2.24) is 4.90 Å². The second-order valence-electron chi connectivity index (χ2n) is 7.97. The van der Waals surface area contributed by atoms with E-state index in [9.17, 15) is 9.59 Å². The van der Waals surface area contributed by atoms with Crippen molar-refractivity contribution in [1.29, 1.82) is 0 Å². The molecule has 1 atom stereocenters. The topological polar surface area (TPSA) is 49.9 Å². The molecule has 166 valence electrons. The molecule has 0 aliphatic heterocycles. The molecule has 0 aliphatic rings. The summed E-state index contributed by atoms with van der Waals surface area (Å²) in [5.41, 5.74) is 3.51. The Kier molecular flexibility index (Phi) is 8.03. The first-order valence-corrected chi connectivity index (χ1v) is 10.8. The minimum Gasteiger partial charge on any atom is -0.449 e. The van der Waals surface area contributed by atoms with Gasteiger partial charge in [0.2, 0.25) is 0 Å². The van der Waals surface area contributed by atoms with Crippen LogP contribution < -0.4 is 4.90 Å². The lowest BCUT2D eigenvalue weighted by atomic mass is 10.1. The van der Waals surface area contributed by atoms with Crippen molar-refractivity contribution in [3.05, 3.63) is 102 Å². The van der Waals surface area contributed by atoms with E-state index in [1.807, 2.05) is 85.7 Å². The van der Waals surface area contributed by atoms with Crippen molar-refractivity contribution in [2.75, 3.05) is 25.5 Å². The fourth-order valence-corrected chi connectivity index (χ4v) is 3.43. The van der Waals surface area contributed by atoms with Crippen molar-refractivity contribution in [2.24, 2.45) is 0 Å². The van der Waals surface area contributed by atoms with Gasteiger partial charge in [-0.15, -0.1) is 0 Å². The number of hydrogen-bond acceptors (Lipinski definition) is 4. The van der Waals surface area contributed by atoms with Gasteiger partial charge in [0.1, 0.15) is 0 Å². The Morgan fingerprint density at radius 2 is 1.47 bits per heavy atom. The molecule has 0 spiro atoms. The van der Waals surface area contributed by atoms with E-state index in [2.05, 4.69) is 0 Å². The van der Waals surface area contributed by atoms with Gasteiger partial charge in [-0.1, -0.05) is 66.7 Å². The summed E-state index contributed by atoms with van der Waals surface area (Å²) in [5, 5.41) is 0. The Balaban J connectivity index is 1.70. The Morgan fingerprint density at radius 3 is 2.09 bits per heavy atom. The largest absolute Gasteiger partial charge is 0.449 e. The van der Waals surface area contributed by atoms with Gasteiger partial charge < -0.3 is 14.5 Å². The third kappa shape index (κ3) is 6.45. The zero-order valence-corrected chi connectivity index (χ0v) is 18.9. The highest BCUT2D eigenvalue weighted by Gasteiger charge is 2.25. The molecule has 0 fully saturated rings. The molecule has 1 unspecified atom stereocenters. The summed E-state index contributed by atoms with van der Waals surface area (Å²) >= 11 is 0. The van der Waals surface area contributed by atoms with Crippen molar-refractivity contribution in [3.63, 3.8) is 0 Å². The highest BCUT2D eigenvalue weighted by Crippen LogP contribution is 2.16. The lowest BCUT2D eigenvalue weighted by Crippen LogP contribution is -2.40. The van der Waals surface area contributed by atoms with Gasteiger partial charge in [0, 0.05) is 32.9 Å². The van der Waals surface area contributed by atoms with Crippen molar-refractivity contribution < 1.29 is 14.3 Å². The third-order valence-electron chi connectivity index (χ3n) is 5.27. The average molecular weight is 431 g/mol. The van der Waals surface area contributed by atoms with Crippen LogP contribution in [0.4, 0.5) is 5.69 Å². The predicted octanol–water partition coefficient (Wildman–Crippen LogP) is 4.57. The summed E-state index contributed by atoms with van der Waals surface area (Å²) in [6, 6.07) is 27.1. The highest BCUT2D eigenvalue weighted by atomic mass is 16.5. The summed E-state index contributed by atoms with van der Waals surface area (Å²) < 4.78 is 5.56. The molecule has 5 nitrogen and oxygen atoms in total. The first-order chi connectivity index (χ1) is 15.4. The Morgan fingerprint density at radius 1 is 0.844 bits per heavy atom. The fourth-order valence-electron chi connectivity index (χ4n) is 3.43. The number of amides is 1. The second kappa shape index (κ2) is 11.1. The summed E-state index contributed by atoms with van der Waals surface area (Å²) in [6.07, 6.45) is -0.157. The number of nitrogens with zero attached hydrogens (tertiary/aromatic N) is 2. The van der Waals surface area contributed by atoms with Crippen LogP contribution in [0.2, 0.25) is 0 Å². The van der Waals surface area contributed by atoms with Crippen molar-refractivity contribution in [3.8, 4) is 0 Å². The molecule has 3 rings (SSSR count). The van der Waals surface area contributed by atoms with E-state index in [4.69, 9.17) is 4.74 Å². The molecular formula is C27H30N2O3. The van der Waals surface area contributed by atoms with Gasteiger partial charge in [0.15, 0.2) is 6.10 Å². The molecule has 0 radical (unpaired) electrons. The minimum absolute atomic E-state index is 0.207. The van der Waals surface area contributed by atoms with E-state index in [1.165, 1.54) is 0 Å². The van der Waals surface area contributed by atoms with Gasteiger partial charge in [-0.25, -0.2) is 4.79 Å². The summed E-state index contributed by atoms with van der Waals surface area (Å²) in [7, 11) is 3.82. The van der Waals surface area contributed by atoms with Crippen LogP contribution in [0.5, 0.6) is 0 Å². The third-order valence-corrected chi connectivity index (χ3v) is 5.27. The number of esters is 1. The normalized spacial score (nSPS) is 11.5. The maximum absolute atomic E-state index is 13.3. The van der Waals surface area contributed by atoms with Gasteiger partial charge in [0.05, 0.1) is 5.56 Å². The number of carbonyl (C=O) groups excluding carboxylic acids is 2. The first kappa shape index (κ1) is 23.1. The molecule has 3 aromatic carbocycles. The lowest BCUT2D eigenvalue weighted by Gasteiger charge is -2.26. The van der Waals surface area contributed by atoms with Gasteiger partial charge >= 0.3 is 5.97 Å². The standard InChI is InChI=1S/C27H30N2O3/c1-21(32-27(31)24-15-10-16-25(19-24)28(2)3)26(30)29(20-23-13-8-5-9-14-23)18-17-22-11-6-4-7-12-22/h4-16,19,21H,17-18,20H2,1-3H3. The van der Waals surface area contributed by atoms with Crippen LogP contribution in [0.25, 0.3) is 0 Å². The van der Waals surface area contributed by atoms with Gasteiger partial charge in [-0.3, -0.25) is 4.79 Å². The molecule has 0 aliphatic carbocycles. The smallest absolute Gasteiger partial charge is 0.338 e. The molecular weight excluding hydrogens is 400 g/mol. The number of anilines is 1. The van der Waals surface area contributed by atoms with Crippen LogP contribution >= 0.6 is 0 Å². The summed E-state index contributed by atoms with van der Waals surface area (Å²) in [5.74, 6) is -0.709. The Bertz CT molecular complexity index is 1020. The summed E-state index contributed by atoms with van der Waals surface area (Å²) in [6.45, 7) is 2.64. The molecule has 0 saturated carbocycles. The minimum atomic E-state index is -0.884. The Labute approximate surface area is 190 Å². The lowest BCUT2D eigenvalue weighted by molar-refractivity contribution is -0.140. The SMILES string of the molecule is CC(OC(=O)c1cccc(N(C)C)c1)C(=O)N(CCc1ccccc1)Cc1ccccc1. The summed E-state index contributed by atoms with van der Waals surface area (Å²) in [4.78, 5) is 29.6. The molecule has 1 amide bonds. The van der Waals surface area contributed by atoms with Crippen molar-refractivity contribution >= 4 is 17.6 Å². The van der Waals surface area contributed by atoms with E-state index < -0.39 is 12.1 Å². The highest BCUT2D eigenvalue weighted by molar-refractivity contribution is 5.93. The molecule has 32 heavy (non-hydrogen) atoms. The monoisotopic (exact) mass is 430 g/mol. The maximum Gasteiger partial charge on any atom is 0.338 e. The Hall–Kier alpha value is -3.60. The molecule has 0 saturated heterocycles. The maximum atomic E-state index is 13.3. The zero-order valence-electron chi connectivity index (χ0n) is 18.9. The van der Waals surface area contributed by atoms with E-state index in [0.29, 0.717) is 18.7 Å². The molecule has 0 heterocycles. The zero-order chi connectivity index (χ0) is 22.9. The number of hydrogen-bond donors (Lipinski definition) is 0. The molecule has 0 aromatic heterocycles. The van der Waals surface area contributed by atoms with Gasteiger partial charge in [0.25, 0.3) is 5.91 Å². The van der Waals surface area contributed by atoms with E-state index in [0.717, 1.165) is 23.2 Å². The quantitative estimate of drug-likeness (QED) is 0.467. The van der Waals surface area contributed by atoms with Crippen LogP contribution in [0.3, 0.4) is 0 Å². The number of benzene rings is 3. The number of ether oxygens (including phenoxy) is 1. The molecule has 3 aromatic rings. The predicted molar refractivity (Wildman–Crippen MR) is 128 cm³/mol. The van der Waals surface area contributed by atoms with Gasteiger partial charge in [-0.05, 0) is 42.7 Å². The number of carbonyl (C=O) groups is 2. The van der Waals surface area contributed by atoms with E-state index >= 15 is 0 Å². The molecule has 0 N–H and O–H groups in total. The fraction of sp³-hybridized carbons (Fsp3) is 0.259. The number of rotatable bonds is 9. The van der Waals surface area contributed by atoms with Crippen LogP contribution in [-0.4, -0.2) is 43.5 Å². The van der Waals surface area contributed by atoms with Gasteiger partial charge in [-0.2, -0.15) is 0 Å². The molecule has 5 heteroatoms. The first-order valence-electron chi connectivity index (χ1n) is 10.8. The average Bonchev–Trinajstić information content (AvgIpc) is 2.82. The van der Waals surface area contributed by atoms with Crippen molar-refractivity contribution in [2.45, 2.75) is 26.0 Å².